The minimum atomic E-state index is -3.17. The van der Waals surface area contributed by atoms with Crippen LogP contribution in [-0.4, -0.2) is 251 Å². The second-order valence-corrected chi connectivity index (χ2v) is 34.7. The van der Waals surface area contributed by atoms with Gasteiger partial charge in [-0.2, -0.15) is 32.1 Å². The van der Waals surface area contributed by atoms with Crippen molar-refractivity contribution in [3.8, 4) is 0 Å². The fraction of sp³-hybridized carbons (Fsp3) is 0.582. The lowest BCUT2D eigenvalue weighted by atomic mass is 10.0. The number of methoxy groups -OCH3 is 1. The van der Waals surface area contributed by atoms with E-state index >= 15 is 0 Å². The van der Waals surface area contributed by atoms with Crippen LogP contribution in [0.1, 0.15) is 133 Å². The zero-order valence-corrected chi connectivity index (χ0v) is 66.9. The van der Waals surface area contributed by atoms with E-state index in [-0.39, 0.29) is 23.7 Å². The molecule has 0 radical (unpaired) electrons. The van der Waals surface area contributed by atoms with Gasteiger partial charge in [0.25, 0.3) is 0 Å². The molecule has 5 aromatic rings. The summed E-state index contributed by atoms with van der Waals surface area (Å²) < 4.78 is 60.8. The number of ether oxygens (including phenoxy) is 2. The summed E-state index contributed by atoms with van der Waals surface area (Å²) in [5.74, 6) is 4.85. The van der Waals surface area contributed by atoms with Crippen molar-refractivity contribution in [1.82, 2.24) is 23.3 Å². The Bertz CT molecular complexity index is 3530. The second kappa shape index (κ2) is 41.0. The number of carbonyl (C=O) groups excluding carboxylic acids is 3. The molecular formula is C79H120N10O9S4. The molecule has 0 unspecified atom stereocenters. The molecule has 0 saturated carbocycles. The first kappa shape index (κ1) is 83.2. The van der Waals surface area contributed by atoms with E-state index in [2.05, 4.69) is 215 Å². The molecule has 0 spiro atoms. The molecule has 6 saturated heterocycles. The summed E-state index contributed by atoms with van der Waals surface area (Å²) >= 11 is 3.34. The van der Waals surface area contributed by atoms with Crippen LogP contribution in [0.2, 0.25) is 0 Å². The number of hydrogen-bond acceptors (Lipinski definition) is 16. The second-order valence-electron chi connectivity index (χ2n) is 28.7. The van der Waals surface area contributed by atoms with Crippen molar-refractivity contribution in [3.05, 3.63) is 149 Å². The van der Waals surface area contributed by atoms with Crippen LogP contribution >= 0.6 is 23.5 Å². The first-order chi connectivity index (χ1) is 48.7. The van der Waals surface area contributed by atoms with Gasteiger partial charge in [-0.1, -0.05) is 130 Å². The Morgan fingerprint density at radius 1 is 0.412 bits per heavy atom. The van der Waals surface area contributed by atoms with Gasteiger partial charge in [0.05, 0.1) is 25.2 Å². The minimum absolute atomic E-state index is 0.0862. The van der Waals surface area contributed by atoms with Crippen molar-refractivity contribution in [1.29, 1.82) is 0 Å². The minimum Gasteiger partial charge on any atom is -0.378 e. The first-order valence-electron chi connectivity index (χ1n) is 36.8. The number of thioether (sulfide) groups is 2. The summed E-state index contributed by atoms with van der Waals surface area (Å²) in [6.07, 6.45) is 5.98. The third-order valence-corrected chi connectivity index (χ3v) is 24.4. The fourth-order valence-electron chi connectivity index (χ4n) is 12.9. The Balaban J connectivity index is 0.000000179. The molecule has 6 aliphatic heterocycles. The van der Waals surface area contributed by atoms with Crippen LogP contribution < -0.4 is 24.5 Å². The monoisotopic (exact) mass is 1480 g/mol. The van der Waals surface area contributed by atoms with Crippen molar-refractivity contribution in [2.75, 3.05) is 213 Å². The van der Waals surface area contributed by atoms with Crippen LogP contribution in [0.5, 0.6) is 0 Å². The Labute approximate surface area is 622 Å². The van der Waals surface area contributed by atoms with Gasteiger partial charge < -0.3 is 48.7 Å². The van der Waals surface area contributed by atoms with Gasteiger partial charge in [0.15, 0.2) is 0 Å². The molecule has 6 fully saturated rings. The van der Waals surface area contributed by atoms with E-state index in [1.165, 1.54) is 62.5 Å². The predicted molar refractivity (Wildman–Crippen MR) is 428 cm³/mol. The molecule has 102 heavy (non-hydrogen) atoms. The van der Waals surface area contributed by atoms with Crippen molar-refractivity contribution in [2.24, 2.45) is 0 Å². The Morgan fingerprint density at radius 2 is 0.696 bits per heavy atom. The molecule has 5 aromatic carbocycles. The first-order valence-corrected chi connectivity index (χ1v) is 42.9. The topological polar surface area (TPSA) is 170 Å². The molecule has 0 bridgehead atoms. The molecule has 0 aliphatic carbocycles. The highest BCUT2D eigenvalue weighted by Crippen LogP contribution is 2.29. The lowest BCUT2D eigenvalue weighted by Crippen LogP contribution is -2.55. The molecule has 0 aromatic heterocycles. The van der Waals surface area contributed by atoms with Gasteiger partial charge in [-0.05, 0) is 131 Å². The molecule has 3 amide bonds. The molecule has 6 heterocycles. The number of piperazine rings is 5. The molecule has 23 heteroatoms. The Kier molecular flexibility index (Phi) is 33.5. The smallest absolute Gasteiger partial charge is 0.248 e. The van der Waals surface area contributed by atoms with Crippen LogP contribution in [0.25, 0.3) is 0 Å². The number of hydrogen-bond donors (Lipinski definition) is 0. The highest BCUT2D eigenvalue weighted by atomic mass is 32.2. The molecule has 0 atom stereocenters. The van der Waals surface area contributed by atoms with Crippen molar-refractivity contribution < 1.29 is 40.7 Å². The van der Waals surface area contributed by atoms with Crippen LogP contribution in [0, 0.1) is 0 Å². The van der Waals surface area contributed by atoms with E-state index in [4.69, 9.17) is 9.47 Å². The van der Waals surface area contributed by atoms with Gasteiger partial charge in [0.1, 0.15) is 11.9 Å². The van der Waals surface area contributed by atoms with Gasteiger partial charge in [0, 0.05) is 179 Å². The third-order valence-electron chi connectivity index (χ3n) is 19.8. The summed E-state index contributed by atoms with van der Waals surface area (Å²) in [6, 6.07) is 43.4. The zero-order chi connectivity index (χ0) is 74.1. The van der Waals surface area contributed by atoms with Crippen molar-refractivity contribution >= 4 is 89.7 Å². The average molecular weight is 1480 g/mol. The van der Waals surface area contributed by atoms with Gasteiger partial charge in [0.2, 0.25) is 37.8 Å². The van der Waals surface area contributed by atoms with Crippen LogP contribution in [0.4, 0.5) is 28.4 Å². The highest BCUT2D eigenvalue weighted by molar-refractivity contribution is 7.99. The number of nitrogens with zero attached hydrogens (tertiary/aromatic N) is 10. The summed E-state index contributed by atoms with van der Waals surface area (Å²) in [6.45, 7) is 38.6. The van der Waals surface area contributed by atoms with Gasteiger partial charge in [-0.15, -0.1) is 0 Å². The maximum absolute atomic E-state index is 12.4. The number of anilines is 5. The lowest BCUT2D eigenvalue weighted by Gasteiger charge is -2.38. The van der Waals surface area contributed by atoms with Crippen LogP contribution in [0.15, 0.2) is 121 Å². The van der Waals surface area contributed by atoms with E-state index in [1.807, 2.05) is 27.2 Å². The maximum atomic E-state index is 12.4. The summed E-state index contributed by atoms with van der Waals surface area (Å²) in [5.41, 5.74) is 13.0. The average Bonchev–Trinajstić information content (AvgIpc) is 0.793. The lowest BCUT2D eigenvalue weighted by molar-refractivity contribution is -0.135. The van der Waals surface area contributed by atoms with Gasteiger partial charge in [-0.25, -0.2) is 16.8 Å². The van der Waals surface area contributed by atoms with E-state index in [0.717, 1.165) is 110 Å². The number of carbonyl (C=O) groups is 3. The molecule has 6 aliphatic rings. The molecule has 11 rings (SSSR count). The quantitative estimate of drug-likeness (QED) is 0.0720. The maximum Gasteiger partial charge on any atom is 0.248 e. The Morgan fingerprint density at radius 3 is 0.951 bits per heavy atom. The largest absolute Gasteiger partial charge is 0.378 e. The Hall–Kier alpha value is -6.05. The van der Waals surface area contributed by atoms with Gasteiger partial charge >= 0.3 is 0 Å². The van der Waals surface area contributed by atoms with Crippen molar-refractivity contribution in [2.45, 2.75) is 110 Å². The highest BCUT2D eigenvalue weighted by Gasteiger charge is 2.39. The van der Waals surface area contributed by atoms with E-state index in [1.54, 1.807) is 39.2 Å². The van der Waals surface area contributed by atoms with Crippen LogP contribution in [0.3, 0.4) is 0 Å². The summed E-state index contributed by atoms with van der Waals surface area (Å²) in [5, 5.41) is -0.330. The number of sulfonamides is 2. The van der Waals surface area contributed by atoms with Crippen LogP contribution in [-0.2, 0) is 43.9 Å². The number of amides is 3. The third kappa shape index (κ3) is 25.1. The SMILES string of the molecule is CC(C)c1cccc(N2CCN(S(=O)(=O)C3COC3)CC2)c1.CC(C)c1cccc(N2CCN(S(C)(=O)=O)CC2)c1.COCC(=O)N1CCN(c2cccc(C(C)C)c2)CC1.CSCC(=O)N1CCN(c2cccc(C(C)C)c2)CC1.CSCCC(=O)N1CCN(c2cccc(C(C)C)c2)CC1. The zero-order valence-electron chi connectivity index (χ0n) is 63.7. The van der Waals surface area contributed by atoms with E-state index in [9.17, 15) is 31.2 Å². The molecule has 564 valence electrons. The molecular weight excluding hydrogens is 1360 g/mol. The normalized spacial score (nSPS) is 17.3. The standard InChI is InChI=1S/C17H26N2OS.C16H24N2O3S.C16H24N2O2.C16H24N2OS.C14H22N2O2S/c1-14(2)15-5-4-6-16(13-15)18-8-10-19(11-9-18)17(20)7-12-21-3;1-13(2)14-4-3-5-15(10-14)17-6-8-18(9-7-17)22(19,20)16-11-21-12-16;2*1-13(2)14-5-4-6-15(11-14)17-7-9-18(10-8-17)16(19)12-20-3;1-12(2)13-5-4-6-14(11-13)15-7-9-16(10-8-15)19(3,17)18/h4-6,13-14H,7-12H2,1-3H3;3-5,10,13,16H,6-9,11-12H2,1-2H3;2*4-6,11,13H,7-10,12H2,1-3H3;4-6,11-12H,7-10H2,1-3H3. The number of rotatable bonds is 20. The van der Waals surface area contributed by atoms with Gasteiger partial charge in [-0.3, -0.25) is 14.4 Å². The summed E-state index contributed by atoms with van der Waals surface area (Å²) in [4.78, 5) is 53.2. The van der Waals surface area contributed by atoms with E-state index < -0.39 is 20.0 Å². The van der Waals surface area contributed by atoms with Crippen molar-refractivity contribution in [3.63, 3.8) is 0 Å². The predicted octanol–water partition coefficient (Wildman–Crippen LogP) is 11.7. The fourth-order valence-corrected chi connectivity index (χ4v) is 16.2. The summed E-state index contributed by atoms with van der Waals surface area (Å²) in [7, 11) is -4.66. The molecule has 0 N–H and O–H groups in total. The number of benzene rings is 5. The molecule has 19 nitrogen and oxygen atoms in total. The van der Waals surface area contributed by atoms with E-state index in [0.29, 0.717) is 87.1 Å².